The van der Waals surface area contributed by atoms with Crippen molar-refractivity contribution < 1.29 is 9.90 Å². The van der Waals surface area contributed by atoms with Gasteiger partial charge in [0.1, 0.15) is 5.82 Å². The van der Waals surface area contributed by atoms with E-state index < -0.39 is 5.60 Å². The molecule has 1 unspecified atom stereocenters. The van der Waals surface area contributed by atoms with E-state index in [-0.39, 0.29) is 23.9 Å². The van der Waals surface area contributed by atoms with Gasteiger partial charge in [-0.3, -0.25) is 24.0 Å². The number of pyridine rings is 1. The lowest BCUT2D eigenvalue weighted by molar-refractivity contribution is -0.136. The summed E-state index contributed by atoms with van der Waals surface area (Å²) < 4.78 is 1.50. The van der Waals surface area contributed by atoms with Crippen LogP contribution in [0, 0.1) is 0 Å². The van der Waals surface area contributed by atoms with Crippen molar-refractivity contribution in [1.82, 2.24) is 24.3 Å². The van der Waals surface area contributed by atoms with Crippen molar-refractivity contribution in [3.8, 4) is 0 Å². The first-order valence-electron chi connectivity index (χ1n) is 13.9. The van der Waals surface area contributed by atoms with Crippen LogP contribution in [0.1, 0.15) is 43.2 Å². The highest BCUT2D eigenvalue weighted by Gasteiger charge is 2.35. The van der Waals surface area contributed by atoms with Crippen LogP contribution in [0.2, 0.25) is 0 Å². The molecule has 2 aliphatic rings. The number of benzene rings is 1. The highest BCUT2D eigenvalue weighted by Crippen LogP contribution is 2.26. The van der Waals surface area contributed by atoms with Crippen LogP contribution in [0.15, 0.2) is 72.0 Å². The van der Waals surface area contributed by atoms with Crippen molar-refractivity contribution in [2.75, 3.05) is 44.2 Å². The fourth-order valence-electron chi connectivity index (χ4n) is 5.53. The van der Waals surface area contributed by atoms with Gasteiger partial charge in [0.25, 0.3) is 5.56 Å². The molecule has 2 aliphatic heterocycles. The summed E-state index contributed by atoms with van der Waals surface area (Å²) in [6.07, 6.45) is 6.56. The van der Waals surface area contributed by atoms with E-state index >= 15 is 0 Å². The quantitative estimate of drug-likeness (QED) is 0.478. The third-order valence-corrected chi connectivity index (χ3v) is 8.05. The number of aromatic nitrogens is 3. The summed E-state index contributed by atoms with van der Waals surface area (Å²) in [4.78, 5) is 40.9. The first kappa shape index (κ1) is 27.0. The zero-order valence-electron chi connectivity index (χ0n) is 22.7. The second kappa shape index (κ2) is 12.1. The normalized spacial score (nSPS) is 18.6. The molecule has 0 saturated carbocycles. The number of aliphatic hydroxyl groups is 1. The summed E-state index contributed by atoms with van der Waals surface area (Å²) in [7, 11) is 0. The Morgan fingerprint density at radius 1 is 1.03 bits per heavy atom. The summed E-state index contributed by atoms with van der Waals surface area (Å²) in [6, 6.07) is 15.7. The van der Waals surface area contributed by atoms with Gasteiger partial charge in [0.05, 0.1) is 18.5 Å². The number of carbonyl (C=O) groups excluding carboxylic acids is 1. The molecule has 5 rings (SSSR count). The lowest BCUT2D eigenvalue weighted by Crippen LogP contribution is -2.50. The van der Waals surface area contributed by atoms with Crippen molar-refractivity contribution in [1.29, 1.82) is 0 Å². The number of nitrogens with zero attached hydrogens (tertiary/aromatic N) is 6. The molecule has 9 heteroatoms. The molecule has 0 bridgehead atoms. The fraction of sp³-hybridized carbons (Fsp3) is 0.467. The molecule has 1 atom stereocenters. The van der Waals surface area contributed by atoms with Crippen LogP contribution in [0.4, 0.5) is 5.82 Å². The summed E-state index contributed by atoms with van der Waals surface area (Å²) in [5.41, 5.74) is 1.15. The molecule has 0 spiro atoms. The van der Waals surface area contributed by atoms with Crippen molar-refractivity contribution in [3.63, 3.8) is 0 Å². The number of amides is 1. The highest BCUT2D eigenvalue weighted by molar-refractivity contribution is 5.77. The first-order chi connectivity index (χ1) is 18.9. The maximum Gasteiger partial charge on any atom is 0.255 e. The largest absolute Gasteiger partial charge is 0.388 e. The smallest absolute Gasteiger partial charge is 0.255 e. The molecule has 1 amide bonds. The molecule has 1 aromatic carbocycles. The summed E-state index contributed by atoms with van der Waals surface area (Å²) in [5, 5.41) is 11.2. The number of hydrogen-bond donors (Lipinski definition) is 1. The topological polar surface area (TPSA) is 94.8 Å². The van der Waals surface area contributed by atoms with Crippen LogP contribution in [0.3, 0.4) is 0 Å². The number of piperidine rings is 1. The lowest BCUT2D eigenvalue weighted by atomic mass is 9.90. The minimum atomic E-state index is -1.03. The maximum absolute atomic E-state index is 12.9. The van der Waals surface area contributed by atoms with Crippen LogP contribution in [0.25, 0.3) is 0 Å². The van der Waals surface area contributed by atoms with Crippen LogP contribution in [0.5, 0.6) is 0 Å². The predicted octanol–water partition coefficient (Wildman–Crippen LogP) is 2.51. The molecule has 4 heterocycles. The Morgan fingerprint density at radius 3 is 2.44 bits per heavy atom. The van der Waals surface area contributed by atoms with Gasteiger partial charge < -0.3 is 14.9 Å². The molecular formula is C30H38N6O3. The summed E-state index contributed by atoms with van der Waals surface area (Å²) in [5.74, 6) is 0.932. The number of anilines is 1. The van der Waals surface area contributed by atoms with E-state index in [1.807, 2.05) is 47.5 Å². The van der Waals surface area contributed by atoms with Gasteiger partial charge in [-0.05, 0) is 36.0 Å². The predicted molar refractivity (Wildman–Crippen MR) is 150 cm³/mol. The Morgan fingerprint density at radius 2 is 1.77 bits per heavy atom. The molecule has 2 aromatic heterocycles. The Bertz CT molecular complexity index is 1280. The van der Waals surface area contributed by atoms with Gasteiger partial charge in [0.2, 0.25) is 5.91 Å². The van der Waals surface area contributed by atoms with Gasteiger partial charge in [-0.15, -0.1) is 0 Å². The van der Waals surface area contributed by atoms with Crippen molar-refractivity contribution in [2.45, 2.75) is 50.8 Å². The van der Waals surface area contributed by atoms with Crippen molar-refractivity contribution in [2.24, 2.45) is 0 Å². The standard InChI is InChI=1S/C30H38N6O3/c1-24(26-7-3-2-4-8-26)18-28(37)35-12-9-30(39,10-13-35)22-36-23-32-27(19-29(36)38)34-16-14-33(15-17-34)21-25-6-5-11-31-20-25/h2-8,11,19-20,23-24,39H,9-10,12-18,21-22H2,1H3. The van der Waals surface area contributed by atoms with E-state index in [1.54, 1.807) is 18.6 Å². The molecule has 0 radical (unpaired) electrons. The molecule has 3 aromatic rings. The number of hydrogen-bond acceptors (Lipinski definition) is 7. The van der Waals surface area contributed by atoms with Gasteiger partial charge >= 0.3 is 0 Å². The number of likely N-dealkylation sites (tertiary alicyclic amines) is 1. The average Bonchev–Trinajstić information content (AvgIpc) is 2.96. The number of carbonyl (C=O) groups is 1. The average molecular weight is 531 g/mol. The Hall–Kier alpha value is -3.56. The third kappa shape index (κ3) is 6.91. The fourth-order valence-corrected chi connectivity index (χ4v) is 5.53. The van der Waals surface area contributed by atoms with E-state index in [9.17, 15) is 14.7 Å². The first-order valence-corrected chi connectivity index (χ1v) is 13.9. The molecular weight excluding hydrogens is 492 g/mol. The summed E-state index contributed by atoms with van der Waals surface area (Å²) in [6.45, 7) is 7.46. The van der Waals surface area contributed by atoms with Gasteiger partial charge in [0, 0.05) is 70.7 Å². The molecule has 2 saturated heterocycles. The Balaban J connectivity index is 1.11. The van der Waals surface area contributed by atoms with Crippen LogP contribution in [-0.2, 0) is 17.9 Å². The molecule has 206 valence electrons. The number of piperazine rings is 1. The second-order valence-corrected chi connectivity index (χ2v) is 11.0. The minimum Gasteiger partial charge on any atom is -0.388 e. The third-order valence-electron chi connectivity index (χ3n) is 8.05. The van der Waals surface area contributed by atoms with Crippen LogP contribution >= 0.6 is 0 Å². The SMILES string of the molecule is CC(CC(=O)N1CCC(O)(Cn2cnc(N3CCN(Cc4cccnc4)CC3)cc2=O)CC1)c1ccccc1. The van der Waals surface area contributed by atoms with Crippen LogP contribution < -0.4 is 10.5 Å². The summed E-state index contributed by atoms with van der Waals surface area (Å²) >= 11 is 0. The van der Waals surface area contributed by atoms with E-state index in [0.717, 1.165) is 38.3 Å². The van der Waals surface area contributed by atoms with E-state index in [4.69, 9.17) is 0 Å². The second-order valence-electron chi connectivity index (χ2n) is 11.0. The zero-order valence-corrected chi connectivity index (χ0v) is 22.7. The van der Waals surface area contributed by atoms with Crippen molar-refractivity contribution in [3.05, 3.63) is 88.7 Å². The lowest BCUT2D eigenvalue weighted by Gasteiger charge is -2.39. The minimum absolute atomic E-state index is 0.108. The van der Waals surface area contributed by atoms with Crippen molar-refractivity contribution >= 4 is 11.7 Å². The van der Waals surface area contributed by atoms with Gasteiger partial charge in [-0.1, -0.05) is 43.3 Å². The molecule has 2 fully saturated rings. The molecule has 1 N–H and O–H groups in total. The number of rotatable bonds is 8. The Kier molecular flexibility index (Phi) is 8.38. The van der Waals surface area contributed by atoms with Gasteiger partial charge in [-0.25, -0.2) is 4.98 Å². The maximum atomic E-state index is 12.9. The zero-order chi connectivity index (χ0) is 27.2. The highest BCUT2D eigenvalue weighted by atomic mass is 16.3. The molecule has 9 nitrogen and oxygen atoms in total. The van der Waals surface area contributed by atoms with E-state index in [1.165, 1.54) is 10.1 Å². The van der Waals surface area contributed by atoms with Crippen LogP contribution in [-0.4, -0.2) is 80.2 Å². The molecule has 39 heavy (non-hydrogen) atoms. The Labute approximate surface area is 229 Å². The molecule has 0 aliphatic carbocycles. The monoisotopic (exact) mass is 530 g/mol. The van der Waals surface area contributed by atoms with Gasteiger partial charge in [0.15, 0.2) is 0 Å². The van der Waals surface area contributed by atoms with Gasteiger partial charge in [-0.2, -0.15) is 0 Å². The van der Waals surface area contributed by atoms with E-state index in [0.29, 0.717) is 38.2 Å². The van der Waals surface area contributed by atoms with E-state index in [2.05, 4.69) is 32.8 Å².